The van der Waals surface area contributed by atoms with E-state index in [0.29, 0.717) is 12.5 Å². The van der Waals surface area contributed by atoms with Gasteiger partial charge in [0, 0.05) is 6.42 Å². The molecular weight excluding hydrogens is 212 g/mol. The molecule has 0 aliphatic heterocycles. The van der Waals surface area contributed by atoms with Gasteiger partial charge in [0.05, 0.1) is 18.3 Å². The molecule has 1 rings (SSSR count). The van der Waals surface area contributed by atoms with E-state index in [1.807, 2.05) is 6.92 Å². The fourth-order valence-corrected chi connectivity index (χ4v) is 2.64. The van der Waals surface area contributed by atoms with E-state index < -0.39 is 5.54 Å². The number of nitrogens with two attached hydrogens (primary N) is 1. The van der Waals surface area contributed by atoms with Crippen molar-refractivity contribution in [2.75, 3.05) is 0 Å². The van der Waals surface area contributed by atoms with Crippen molar-refractivity contribution >= 4 is 0 Å². The second-order valence-electron chi connectivity index (χ2n) is 6.07. The lowest BCUT2D eigenvalue weighted by Crippen LogP contribution is -2.39. The highest BCUT2D eigenvalue weighted by atomic mass is 16.5. The Hall–Kier alpha value is -0.590. The third-order valence-electron chi connectivity index (χ3n) is 3.94. The Kier molecular flexibility index (Phi) is 4.97. The molecule has 1 aliphatic carbocycles. The molecule has 1 fully saturated rings. The highest BCUT2D eigenvalue weighted by molar-refractivity contribution is 5.01. The van der Waals surface area contributed by atoms with E-state index in [1.165, 1.54) is 6.42 Å². The lowest BCUT2D eigenvalue weighted by Gasteiger charge is -2.34. The van der Waals surface area contributed by atoms with Gasteiger partial charge in [-0.05, 0) is 44.9 Å². The van der Waals surface area contributed by atoms with E-state index in [0.717, 1.165) is 24.7 Å². The zero-order chi connectivity index (χ0) is 13.1. The second-order valence-corrected chi connectivity index (χ2v) is 6.07. The first-order valence-electron chi connectivity index (χ1n) is 6.69. The van der Waals surface area contributed by atoms with Crippen molar-refractivity contribution in [1.29, 1.82) is 5.26 Å². The molecule has 3 heteroatoms. The molecule has 0 spiro atoms. The Balaban J connectivity index is 2.37. The largest absolute Gasteiger partial charge is 0.375 e. The first kappa shape index (κ1) is 14.5. The summed E-state index contributed by atoms with van der Waals surface area (Å²) >= 11 is 0. The molecule has 3 nitrogen and oxygen atoms in total. The second kappa shape index (κ2) is 5.84. The maximum absolute atomic E-state index is 8.90. The molecule has 17 heavy (non-hydrogen) atoms. The van der Waals surface area contributed by atoms with Crippen LogP contribution in [0.5, 0.6) is 0 Å². The summed E-state index contributed by atoms with van der Waals surface area (Å²) in [7, 11) is 0. The van der Waals surface area contributed by atoms with Gasteiger partial charge in [0.2, 0.25) is 0 Å². The Morgan fingerprint density at radius 1 is 1.41 bits per heavy atom. The third-order valence-corrected chi connectivity index (χ3v) is 3.94. The van der Waals surface area contributed by atoms with Gasteiger partial charge in [-0.3, -0.25) is 0 Å². The smallest absolute Gasteiger partial charge is 0.103 e. The summed E-state index contributed by atoms with van der Waals surface area (Å²) in [6.45, 7) is 8.40. The summed E-state index contributed by atoms with van der Waals surface area (Å²) in [5.41, 5.74) is 5.06. The Labute approximate surface area is 105 Å². The van der Waals surface area contributed by atoms with Crippen molar-refractivity contribution in [1.82, 2.24) is 0 Å². The Bertz CT molecular complexity index is 282. The molecule has 5 unspecified atom stereocenters. The van der Waals surface area contributed by atoms with Crippen molar-refractivity contribution in [3.8, 4) is 6.07 Å². The number of nitrogens with zero attached hydrogens (tertiary/aromatic N) is 1. The van der Waals surface area contributed by atoms with Gasteiger partial charge in [0.25, 0.3) is 0 Å². The van der Waals surface area contributed by atoms with Crippen molar-refractivity contribution in [2.24, 2.45) is 17.6 Å². The minimum absolute atomic E-state index is 0.0651. The molecule has 1 aliphatic rings. The van der Waals surface area contributed by atoms with Crippen molar-refractivity contribution in [3.63, 3.8) is 0 Å². The maximum Gasteiger partial charge on any atom is 0.103 e. The van der Waals surface area contributed by atoms with Crippen LogP contribution in [0.3, 0.4) is 0 Å². The average Bonchev–Trinajstić information content (AvgIpc) is 2.23. The van der Waals surface area contributed by atoms with Crippen LogP contribution < -0.4 is 5.73 Å². The molecule has 1 saturated carbocycles. The van der Waals surface area contributed by atoms with Gasteiger partial charge in [-0.1, -0.05) is 13.8 Å². The summed E-state index contributed by atoms with van der Waals surface area (Å²) in [6, 6.07) is 2.12. The standard InChI is InChI=1S/C14H26N2O/c1-10-5-6-13(7-11(10)2)17-12(3)8-14(4,16)9-15/h10-13H,5-8,16H2,1-4H3. The van der Waals surface area contributed by atoms with Gasteiger partial charge >= 0.3 is 0 Å². The fraction of sp³-hybridized carbons (Fsp3) is 0.929. The number of hydrogen-bond donors (Lipinski definition) is 1. The van der Waals surface area contributed by atoms with Crippen LogP contribution in [0.2, 0.25) is 0 Å². The Morgan fingerprint density at radius 2 is 2.06 bits per heavy atom. The monoisotopic (exact) mass is 238 g/mol. The third kappa shape index (κ3) is 4.65. The molecule has 0 saturated heterocycles. The molecule has 2 N–H and O–H groups in total. The predicted octanol–water partition coefficient (Wildman–Crippen LogP) is 2.85. The maximum atomic E-state index is 8.90. The van der Waals surface area contributed by atoms with Gasteiger partial charge in [-0.25, -0.2) is 0 Å². The summed E-state index contributed by atoms with van der Waals surface area (Å²) < 4.78 is 6.02. The quantitative estimate of drug-likeness (QED) is 0.819. The topological polar surface area (TPSA) is 59.0 Å². The van der Waals surface area contributed by atoms with Gasteiger partial charge < -0.3 is 10.5 Å². The zero-order valence-corrected chi connectivity index (χ0v) is 11.6. The number of ether oxygens (including phenoxy) is 1. The summed E-state index contributed by atoms with van der Waals surface area (Å²) in [4.78, 5) is 0. The lowest BCUT2D eigenvalue weighted by molar-refractivity contribution is -0.0463. The molecule has 0 aromatic rings. The number of nitriles is 1. The average molecular weight is 238 g/mol. The van der Waals surface area contributed by atoms with Crippen LogP contribution >= 0.6 is 0 Å². The van der Waals surface area contributed by atoms with Crippen LogP contribution in [-0.4, -0.2) is 17.7 Å². The molecule has 0 bridgehead atoms. The summed E-state index contributed by atoms with van der Waals surface area (Å²) in [5.74, 6) is 1.55. The van der Waals surface area contributed by atoms with Crippen molar-refractivity contribution < 1.29 is 4.74 Å². The first-order chi connectivity index (χ1) is 7.84. The highest BCUT2D eigenvalue weighted by Gasteiger charge is 2.28. The van der Waals surface area contributed by atoms with E-state index in [9.17, 15) is 0 Å². The predicted molar refractivity (Wildman–Crippen MR) is 69.3 cm³/mol. The number of hydrogen-bond acceptors (Lipinski definition) is 3. The van der Waals surface area contributed by atoms with Crippen LogP contribution in [0.15, 0.2) is 0 Å². The van der Waals surface area contributed by atoms with Gasteiger partial charge in [-0.2, -0.15) is 5.26 Å². The van der Waals surface area contributed by atoms with E-state index in [1.54, 1.807) is 6.92 Å². The van der Waals surface area contributed by atoms with Crippen LogP contribution in [-0.2, 0) is 4.74 Å². The normalized spacial score (nSPS) is 34.7. The molecule has 0 amide bonds. The van der Waals surface area contributed by atoms with E-state index in [4.69, 9.17) is 15.7 Å². The van der Waals surface area contributed by atoms with Gasteiger partial charge in [0.1, 0.15) is 5.54 Å². The van der Waals surface area contributed by atoms with E-state index >= 15 is 0 Å². The van der Waals surface area contributed by atoms with Gasteiger partial charge in [-0.15, -0.1) is 0 Å². The molecule has 0 radical (unpaired) electrons. The van der Waals surface area contributed by atoms with E-state index in [-0.39, 0.29) is 6.10 Å². The zero-order valence-electron chi connectivity index (χ0n) is 11.6. The summed E-state index contributed by atoms with van der Waals surface area (Å²) in [6.07, 6.45) is 4.55. The molecule has 98 valence electrons. The minimum Gasteiger partial charge on any atom is -0.375 e. The van der Waals surface area contributed by atoms with Gasteiger partial charge in [0.15, 0.2) is 0 Å². The molecule has 0 aromatic carbocycles. The number of rotatable bonds is 4. The van der Waals surface area contributed by atoms with Crippen LogP contribution in [0.4, 0.5) is 0 Å². The van der Waals surface area contributed by atoms with E-state index in [2.05, 4.69) is 19.9 Å². The van der Waals surface area contributed by atoms with Crippen molar-refractivity contribution in [2.45, 2.75) is 71.1 Å². The minimum atomic E-state index is -0.771. The van der Waals surface area contributed by atoms with Crippen molar-refractivity contribution in [3.05, 3.63) is 0 Å². The molecule has 0 aromatic heterocycles. The molecular formula is C14H26N2O. The van der Waals surface area contributed by atoms with Crippen LogP contribution in [0.25, 0.3) is 0 Å². The summed E-state index contributed by atoms with van der Waals surface area (Å²) in [5, 5.41) is 8.90. The Morgan fingerprint density at radius 3 is 2.59 bits per heavy atom. The SMILES string of the molecule is CC(CC(C)(N)C#N)OC1CCC(C)C(C)C1. The molecule has 0 heterocycles. The van der Waals surface area contributed by atoms with Crippen LogP contribution in [0, 0.1) is 23.2 Å². The van der Waals surface area contributed by atoms with Crippen LogP contribution in [0.1, 0.15) is 53.4 Å². The lowest BCUT2D eigenvalue weighted by atomic mass is 9.80. The first-order valence-corrected chi connectivity index (χ1v) is 6.69. The fourth-order valence-electron chi connectivity index (χ4n) is 2.64. The highest BCUT2D eigenvalue weighted by Crippen LogP contribution is 2.32. The molecule has 5 atom stereocenters.